The van der Waals surface area contributed by atoms with Crippen molar-refractivity contribution >= 4 is 27.3 Å². The lowest BCUT2D eigenvalue weighted by molar-refractivity contribution is 0.0370. The van der Waals surface area contributed by atoms with E-state index in [0.717, 1.165) is 22.1 Å². The summed E-state index contributed by atoms with van der Waals surface area (Å²) >= 11 is 1.48. The van der Waals surface area contributed by atoms with E-state index in [9.17, 15) is 9.90 Å². The van der Waals surface area contributed by atoms with Gasteiger partial charge in [-0.25, -0.2) is 0 Å². The standard InChI is InChI=1S/C19H17NO2S/c21-18(17-11-14-6-2-4-8-16(14)23-17)20-12-19(22)10-9-13-5-1-3-7-15(13)19/h1-8,11,22H,9-10,12H2,(H,20,21)/t19-/m1/s1. The van der Waals surface area contributed by atoms with Gasteiger partial charge in [-0.05, 0) is 41.5 Å². The summed E-state index contributed by atoms with van der Waals surface area (Å²) in [5.74, 6) is -0.121. The minimum Gasteiger partial charge on any atom is -0.383 e. The molecule has 2 N–H and O–H groups in total. The van der Waals surface area contributed by atoms with E-state index in [4.69, 9.17) is 0 Å². The molecule has 1 aliphatic carbocycles. The van der Waals surface area contributed by atoms with Crippen LogP contribution < -0.4 is 5.32 Å². The topological polar surface area (TPSA) is 49.3 Å². The minimum absolute atomic E-state index is 0.121. The molecule has 3 nitrogen and oxygen atoms in total. The molecule has 0 saturated heterocycles. The largest absolute Gasteiger partial charge is 0.383 e. The SMILES string of the molecule is O=C(NC[C@]1(O)CCc2ccccc21)c1cc2ccccc2s1. The number of carbonyl (C=O) groups excluding carboxylic acids is 1. The van der Waals surface area contributed by atoms with Crippen molar-refractivity contribution in [1.82, 2.24) is 5.32 Å². The molecule has 0 saturated carbocycles. The molecule has 0 aliphatic heterocycles. The Morgan fingerprint density at radius 1 is 1.17 bits per heavy atom. The number of amides is 1. The van der Waals surface area contributed by atoms with Crippen LogP contribution in [0.3, 0.4) is 0 Å². The van der Waals surface area contributed by atoms with Gasteiger partial charge in [0, 0.05) is 4.70 Å². The summed E-state index contributed by atoms with van der Waals surface area (Å²) in [4.78, 5) is 13.1. The van der Waals surface area contributed by atoms with Gasteiger partial charge in [0.15, 0.2) is 0 Å². The Kier molecular flexibility index (Phi) is 3.43. The molecule has 1 aromatic heterocycles. The molecule has 0 radical (unpaired) electrons. The smallest absolute Gasteiger partial charge is 0.261 e. The van der Waals surface area contributed by atoms with Crippen LogP contribution in [0.4, 0.5) is 0 Å². The zero-order chi connectivity index (χ0) is 15.9. The number of hydrogen-bond acceptors (Lipinski definition) is 3. The molecule has 3 aromatic rings. The predicted octanol–water partition coefficient (Wildman–Crippen LogP) is 3.47. The maximum absolute atomic E-state index is 12.4. The first kappa shape index (κ1) is 14.4. The summed E-state index contributed by atoms with van der Waals surface area (Å²) in [5, 5.41) is 14.8. The van der Waals surface area contributed by atoms with Crippen LogP contribution in [-0.4, -0.2) is 17.6 Å². The predicted molar refractivity (Wildman–Crippen MR) is 92.8 cm³/mol. The summed E-state index contributed by atoms with van der Waals surface area (Å²) < 4.78 is 1.10. The van der Waals surface area contributed by atoms with E-state index in [2.05, 4.69) is 5.32 Å². The molecule has 1 heterocycles. The molecule has 0 bridgehead atoms. The lowest BCUT2D eigenvalue weighted by Crippen LogP contribution is -2.39. The lowest BCUT2D eigenvalue weighted by atomic mass is 9.96. The number of benzene rings is 2. The summed E-state index contributed by atoms with van der Waals surface area (Å²) in [6.45, 7) is 0.247. The number of carbonyl (C=O) groups is 1. The van der Waals surface area contributed by atoms with Crippen LogP contribution in [0.1, 0.15) is 27.2 Å². The van der Waals surface area contributed by atoms with E-state index < -0.39 is 5.60 Å². The number of hydrogen-bond donors (Lipinski definition) is 2. The summed E-state index contributed by atoms with van der Waals surface area (Å²) in [5.41, 5.74) is 1.16. The van der Waals surface area contributed by atoms with Crippen molar-refractivity contribution < 1.29 is 9.90 Å². The van der Waals surface area contributed by atoms with Gasteiger partial charge in [-0.1, -0.05) is 42.5 Å². The zero-order valence-corrected chi connectivity index (χ0v) is 13.4. The molecular formula is C19H17NO2S. The third-order valence-corrected chi connectivity index (χ3v) is 5.63. The Hall–Kier alpha value is -2.17. The van der Waals surface area contributed by atoms with Crippen LogP contribution >= 0.6 is 11.3 Å². The van der Waals surface area contributed by atoms with Gasteiger partial charge in [-0.15, -0.1) is 11.3 Å². The highest BCUT2D eigenvalue weighted by molar-refractivity contribution is 7.20. The van der Waals surface area contributed by atoms with Crippen molar-refractivity contribution in [2.45, 2.75) is 18.4 Å². The van der Waals surface area contributed by atoms with E-state index in [1.807, 2.05) is 54.6 Å². The number of aliphatic hydroxyl groups is 1. The average molecular weight is 323 g/mol. The summed E-state index contributed by atoms with van der Waals surface area (Å²) in [6, 6.07) is 17.8. The van der Waals surface area contributed by atoms with Gasteiger partial charge in [0.25, 0.3) is 5.91 Å². The third kappa shape index (κ3) is 2.54. The number of fused-ring (bicyclic) bond motifs is 2. The molecule has 0 unspecified atom stereocenters. The Morgan fingerprint density at radius 3 is 2.83 bits per heavy atom. The highest BCUT2D eigenvalue weighted by Crippen LogP contribution is 2.36. The highest BCUT2D eigenvalue weighted by atomic mass is 32.1. The van der Waals surface area contributed by atoms with E-state index >= 15 is 0 Å². The molecule has 4 heteroatoms. The monoisotopic (exact) mass is 323 g/mol. The van der Waals surface area contributed by atoms with Gasteiger partial charge in [0.2, 0.25) is 0 Å². The maximum atomic E-state index is 12.4. The van der Waals surface area contributed by atoms with Gasteiger partial charge >= 0.3 is 0 Å². The van der Waals surface area contributed by atoms with Crippen molar-refractivity contribution in [3.63, 3.8) is 0 Å². The van der Waals surface area contributed by atoms with Crippen LogP contribution in [0.5, 0.6) is 0 Å². The Bertz CT molecular complexity index is 853. The number of thiophene rings is 1. The number of aryl methyl sites for hydroxylation is 1. The van der Waals surface area contributed by atoms with E-state index in [1.165, 1.54) is 16.9 Å². The van der Waals surface area contributed by atoms with Crippen LogP contribution in [-0.2, 0) is 12.0 Å². The van der Waals surface area contributed by atoms with Gasteiger partial charge in [-0.3, -0.25) is 4.79 Å². The summed E-state index contributed by atoms with van der Waals surface area (Å²) in [6.07, 6.45) is 1.50. The second-order valence-electron chi connectivity index (χ2n) is 6.02. The third-order valence-electron chi connectivity index (χ3n) is 4.52. The van der Waals surface area contributed by atoms with Crippen LogP contribution in [0.2, 0.25) is 0 Å². The molecule has 1 amide bonds. The number of nitrogens with one attached hydrogen (secondary N) is 1. The molecule has 4 rings (SSSR count). The van der Waals surface area contributed by atoms with Crippen LogP contribution in [0.25, 0.3) is 10.1 Å². The second kappa shape index (κ2) is 5.48. The van der Waals surface area contributed by atoms with Crippen molar-refractivity contribution in [1.29, 1.82) is 0 Å². The molecule has 0 spiro atoms. The van der Waals surface area contributed by atoms with Crippen molar-refractivity contribution in [2.24, 2.45) is 0 Å². The molecule has 0 fully saturated rings. The second-order valence-corrected chi connectivity index (χ2v) is 7.10. The normalized spacial score (nSPS) is 19.7. The van der Waals surface area contributed by atoms with E-state index in [-0.39, 0.29) is 12.5 Å². The first-order valence-corrected chi connectivity index (χ1v) is 8.55. The molecule has 1 aliphatic rings. The fourth-order valence-electron chi connectivity index (χ4n) is 3.26. The van der Waals surface area contributed by atoms with Gasteiger partial charge < -0.3 is 10.4 Å². The molecule has 23 heavy (non-hydrogen) atoms. The van der Waals surface area contributed by atoms with Crippen LogP contribution in [0, 0.1) is 0 Å². The summed E-state index contributed by atoms with van der Waals surface area (Å²) in [7, 11) is 0. The van der Waals surface area contributed by atoms with Crippen molar-refractivity contribution in [3.05, 3.63) is 70.6 Å². The fraction of sp³-hybridized carbons (Fsp3) is 0.211. The average Bonchev–Trinajstić information content (AvgIpc) is 3.15. The first-order chi connectivity index (χ1) is 11.2. The first-order valence-electron chi connectivity index (χ1n) is 7.73. The molecule has 1 atom stereocenters. The van der Waals surface area contributed by atoms with Crippen molar-refractivity contribution in [3.8, 4) is 0 Å². The van der Waals surface area contributed by atoms with E-state index in [0.29, 0.717) is 11.3 Å². The Balaban J connectivity index is 1.52. The minimum atomic E-state index is -0.955. The Labute approximate surface area is 138 Å². The van der Waals surface area contributed by atoms with Gasteiger partial charge in [0.05, 0.1) is 11.4 Å². The van der Waals surface area contributed by atoms with Crippen LogP contribution in [0.15, 0.2) is 54.6 Å². The zero-order valence-electron chi connectivity index (χ0n) is 12.6. The number of rotatable bonds is 3. The van der Waals surface area contributed by atoms with Gasteiger partial charge in [0.1, 0.15) is 5.60 Å². The van der Waals surface area contributed by atoms with Crippen molar-refractivity contribution in [2.75, 3.05) is 6.54 Å². The Morgan fingerprint density at radius 2 is 1.96 bits per heavy atom. The van der Waals surface area contributed by atoms with E-state index in [1.54, 1.807) is 0 Å². The van der Waals surface area contributed by atoms with Gasteiger partial charge in [-0.2, -0.15) is 0 Å². The molecule has 116 valence electrons. The molecular weight excluding hydrogens is 306 g/mol. The fourth-order valence-corrected chi connectivity index (χ4v) is 4.24. The maximum Gasteiger partial charge on any atom is 0.261 e. The quantitative estimate of drug-likeness (QED) is 0.775. The molecule has 2 aromatic carbocycles. The highest BCUT2D eigenvalue weighted by Gasteiger charge is 2.36. The lowest BCUT2D eigenvalue weighted by Gasteiger charge is -2.24.